The third kappa shape index (κ3) is 46.3. The van der Waals surface area contributed by atoms with Crippen molar-refractivity contribution in [1.29, 1.82) is 0 Å². The van der Waals surface area contributed by atoms with Crippen LogP contribution in [0.3, 0.4) is 0 Å². The summed E-state index contributed by atoms with van der Waals surface area (Å²) in [5.74, 6) is -5.39. The van der Waals surface area contributed by atoms with Gasteiger partial charge in [-0.3, -0.25) is 57.5 Å². The van der Waals surface area contributed by atoms with E-state index in [4.69, 9.17) is 5.73 Å². The maximum Gasteiger partial charge on any atom is 0.237 e. The number of carbonyl (C=O) groups is 14. The summed E-state index contributed by atoms with van der Waals surface area (Å²) in [6.45, 7) is 50.9. The zero-order valence-electron chi connectivity index (χ0n) is 79.4. The zero-order valence-corrected chi connectivity index (χ0v) is 79.4. The Hall–Kier alpha value is -9.76. The third-order valence-electron chi connectivity index (χ3n) is 21.5. The van der Waals surface area contributed by atoms with Crippen molar-refractivity contribution in [3.63, 3.8) is 0 Å². The van der Waals surface area contributed by atoms with Gasteiger partial charge in [-0.1, -0.05) is 252 Å². The van der Waals surface area contributed by atoms with Gasteiger partial charge in [-0.25, -0.2) is 0 Å². The van der Waals surface area contributed by atoms with E-state index in [1.54, 1.807) is 20.8 Å². The largest absolute Gasteiger partial charge is 0.346 e. The molecule has 0 heterocycles. The van der Waals surface area contributed by atoms with Gasteiger partial charge in [0.05, 0.1) is 42.3 Å². The van der Waals surface area contributed by atoms with Crippen LogP contribution in [0.4, 0.5) is 0 Å². The van der Waals surface area contributed by atoms with Gasteiger partial charge in [-0.15, -0.1) is 0 Å². The highest BCUT2D eigenvalue weighted by atomic mass is 16.2. The molecule has 4 aromatic rings. The Balaban J connectivity index is 0.000000638. The highest BCUT2D eigenvalue weighted by Gasteiger charge is 2.38. The molecule has 690 valence electrons. The van der Waals surface area contributed by atoms with Crippen LogP contribution in [-0.2, 0) is 92.8 Å². The fraction of sp³-hybridized carbons (Fsp3) is 0.577. The molecular formula is C104H155N7O14. The molecule has 0 saturated carbocycles. The molecule has 0 fully saturated rings. The fourth-order valence-electron chi connectivity index (χ4n) is 15.2. The molecule has 6 amide bonds. The van der Waals surface area contributed by atoms with Crippen LogP contribution in [0.2, 0.25) is 0 Å². The van der Waals surface area contributed by atoms with Crippen LogP contribution in [0.25, 0.3) is 0 Å². The van der Waals surface area contributed by atoms with E-state index in [0.717, 1.165) is 22.3 Å². The van der Waals surface area contributed by atoms with Gasteiger partial charge in [0.1, 0.15) is 11.6 Å². The second kappa shape index (κ2) is 58.5. The van der Waals surface area contributed by atoms with Gasteiger partial charge in [0.25, 0.3) is 0 Å². The third-order valence-corrected chi connectivity index (χ3v) is 21.5. The van der Waals surface area contributed by atoms with Gasteiger partial charge in [-0.2, -0.15) is 0 Å². The summed E-state index contributed by atoms with van der Waals surface area (Å²) in [7, 11) is 0. The van der Waals surface area contributed by atoms with Gasteiger partial charge in [0.15, 0.2) is 34.7 Å². The minimum Gasteiger partial charge on any atom is -0.346 e. The molecule has 4 rings (SSSR count). The van der Waals surface area contributed by atoms with E-state index in [1.807, 2.05) is 232 Å². The smallest absolute Gasteiger partial charge is 0.237 e. The number of nitrogens with one attached hydrogen (secondary N) is 6. The van der Waals surface area contributed by atoms with Crippen LogP contribution in [-0.4, -0.2) is 124 Å². The highest BCUT2D eigenvalue weighted by molar-refractivity contribution is 6.03. The molecule has 0 spiro atoms. The van der Waals surface area contributed by atoms with E-state index in [0.29, 0.717) is 107 Å². The fourth-order valence-corrected chi connectivity index (χ4v) is 15.2. The lowest BCUT2D eigenvalue weighted by molar-refractivity contribution is -0.135. The number of hydrogen-bond acceptors (Lipinski definition) is 15. The van der Waals surface area contributed by atoms with Crippen molar-refractivity contribution >= 4 is 81.7 Å². The Kier molecular flexibility index (Phi) is 52.1. The van der Waals surface area contributed by atoms with Gasteiger partial charge in [-0.05, 0) is 211 Å². The van der Waals surface area contributed by atoms with Crippen LogP contribution >= 0.6 is 0 Å². The quantitative estimate of drug-likeness (QED) is 0.0202. The second-order valence-electron chi connectivity index (χ2n) is 38.2. The lowest BCUT2D eigenvalue weighted by atomic mass is 9.86. The topological polar surface area (TPSA) is 337 Å². The molecule has 0 aromatic heterocycles. The Morgan fingerprint density at radius 1 is 0.264 bits per heavy atom. The van der Waals surface area contributed by atoms with E-state index in [9.17, 15) is 67.1 Å². The van der Waals surface area contributed by atoms with E-state index >= 15 is 0 Å². The van der Waals surface area contributed by atoms with Crippen molar-refractivity contribution in [3.8, 4) is 0 Å². The monoisotopic (exact) mass is 1730 g/mol. The number of hydrogen-bond donors (Lipinski definition) is 7. The summed E-state index contributed by atoms with van der Waals surface area (Å²) < 4.78 is 0. The molecule has 0 aliphatic carbocycles. The summed E-state index contributed by atoms with van der Waals surface area (Å²) in [4.78, 5) is 184. The number of carbonyl (C=O) groups excluding carboxylic acids is 14. The van der Waals surface area contributed by atoms with Gasteiger partial charge in [0.2, 0.25) is 35.4 Å². The van der Waals surface area contributed by atoms with Crippen molar-refractivity contribution in [2.24, 2.45) is 82.7 Å². The summed E-state index contributed by atoms with van der Waals surface area (Å²) in [6, 6.07) is 33.3. The van der Waals surface area contributed by atoms with Crippen molar-refractivity contribution in [1.82, 2.24) is 31.9 Å². The molecule has 125 heavy (non-hydrogen) atoms. The molecule has 21 nitrogen and oxygen atoms in total. The van der Waals surface area contributed by atoms with Crippen LogP contribution in [0.15, 0.2) is 158 Å². The number of nitrogens with two attached hydrogens (primary N) is 1. The first-order valence-electron chi connectivity index (χ1n) is 45.5. The van der Waals surface area contributed by atoms with E-state index in [1.165, 1.54) is 13.8 Å². The van der Waals surface area contributed by atoms with Gasteiger partial charge < -0.3 is 47.2 Å². The number of rotatable bonds is 57. The number of amides is 6. The molecule has 0 aliphatic heterocycles. The summed E-state index contributed by atoms with van der Waals surface area (Å²) in [6.07, 6.45) is 6.59. The molecule has 0 bridgehead atoms. The molecule has 4 aromatic carbocycles. The molecule has 8 N–H and O–H groups in total. The van der Waals surface area contributed by atoms with Crippen molar-refractivity contribution in [2.75, 3.05) is 0 Å². The van der Waals surface area contributed by atoms with Gasteiger partial charge in [0, 0.05) is 61.7 Å². The van der Waals surface area contributed by atoms with Crippen molar-refractivity contribution in [2.45, 2.75) is 310 Å². The Labute approximate surface area is 749 Å². The molecule has 0 radical (unpaired) electrons. The Morgan fingerprint density at radius 3 is 0.752 bits per heavy atom. The number of aryl methyl sites for hydroxylation is 2. The van der Waals surface area contributed by atoms with Crippen LogP contribution in [0.1, 0.15) is 264 Å². The Bertz CT molecular complexity index is 4110. The maximum absolute atomic E-state index is 13.9. The predicted molar refractivity (Wildman–Crippen MR) is 501 cm³/mol. The minimum absolute atomic E-state index is 0.0289. The van der Waals surface area contributed by atoms with Crippen molar-refractivity contribution < 1.29 is 67.1 Å². The maximum atomic E-state index is 13.9. The lowest BCUT2D eigenvalue weighted by Gasteiger charge is -2.27. The highest BCUT2D eigenvalue weighted by Crippen LogP contribution is 2.27. The molecule has 12 atom stereocenters. The van der Waals surface area contributed by atoms with Crippen LogP contribution < -0.4 is 37.6 Å². The zero-order chi connectivity index (χ0) is 94.5. The first-order chi connectivity index (χ1) is 58.6. The summed E-state index contributed by atoms with van der Waals surface area (Å²) in [5, 5.41) is 17.5. The first-order valence-corrected chi connectivity index (χ1v) is 45.5. The molecular weight excluding hydrogens is 1570 g/mol. The van der Waals surface area contributed by atoms with E-state index < -0.39 is 71.9 Å². The summed E-state index contributed by atoms with van der Waals surface area (Å²) >= 11 is 0. The second-order valence-corrected chi connectivity index (χ2v) is 38.2. The van der Waals surface area contributed by atoms with Crippen molar-refractivity contribution in [3.05, 3.63) is 180 Å². The number of ketones is 8. The first kappa shape index (κ1) is 111. The molecule has 0 unspecified atom stereocenters. The van der Waals surface area contributed by atoms with Crippen LogP contribution in [0.5, 0.6) is 0 Å². The predicted octanol–water partition coefficient (Wildman–Crippen LogP) is 16.7. The summed E-state index contributed by atoms with van der Waals surface area (Å²) in [5.41, 5.74) is 11.3. The van der Waals surface area contributed by atoms with Gasteiger partial charge >= 0.3 is 0 Å². The molecule has 21 heteroatoms. The number of benzene rings is 4. The minimum atomic E-state index is -0.807. The molecule has 0 saturated heterocycles. The van der Waals surface area contributed by atoms with E-state index in [-0.39, 0.29) is 161 Å². The average molecular weight is 1730 g/mol. The lowest BCUT2D eigenvalue weighted by Crippen LogP contribution is -2.50. The normalized spacial score (nSPS) is 14.2. The molecule has 0 aliphatic rings. The SMILES string of the molecule is C=C(C)C(=O)[C@H](CC(C)C)NC(=O)[C@@H](CC(=O)[C@H](CC(C)C)NC(=O)[C@@H](CC(C)=O)CC(C)C)CC(C)C.C=C(C)C(=O)[C@H](CC(C)C)NC(=O)[C@@H](CC(=O)[C@H](CC(C)C)NC(=O)[C@@H](N)CCc1ccccc1)Cc1ccccc1.C=C(C)C(=O)[C@H](CC(C)C)NC(=O)[C@@H](CC(=O)[C@H](CC(C)C)NC(=O)[C@H](CCc1ccccc1)CC(C)=O)Cc1ccccc1. The average Bonchev–Trinajstić information content (AvgIpc) is 0.853. The number of Topliss-reactive ketones (excluding diaryl/α,β-unsaturated/α-hetero) is 8. The van der Waals surface area contributed by atoms with E-state index in [2.05, 4.69) is 51.6 Å². The standard InChI is InChI=1S/C38H52N2O5.C35H49N3O4.C31H54N2O5/c1-25(2)20-33(39-37(44)31(22-28(7)41)19-18-29-14-10-8-11-15-29)35(42)24-32(23-30-16-12-9-13-17-30)38(45)40-34(21-26(3)4)36(43)27(5)6;1-23(2)19-30(37-35(42)29(36)18-17-26-13-9-7-10-14-26)32(39)22-28(21-27-15-11-8-12-16-27)34(41)38-31(20-24(3)4)33(40)25(5)6;1-18(2)12-24(16-23(11)34)30(37)32-26(14-20(5)6)28(35)17-25(13-19(3)4)31(38)33-27(15-21(7)8)29(36)22(9)10/h8-17,25-26,31-34H,5,18-24H2,1-4,6-7H3,(H,39,44)(H,40,45);7-16,23-24,28-31H,5,17-22,36H2,1-4,6H3,(H,37,42)(H,38,41);18-21,24-27H,9,12-17H2,1-8,10-11H3,(H,32,37)(H,33,38)/t31-,32-,33+,34+;28-,29+,30+,31+;24-,25-,26+,27+/m111/s1. The van der Waals surface area contributed by atoms with Crippen LogP contribution in [0, 0.1) is 76.9 Å². The Morgan fingerprint density at radius 2 is 0.480 bits per heavy atom.